The topological polar surface area (TPSA) is 45.1 Å². The van der Waals surface area contributed by atoms with Gasteiger partial charge in [-0.3, -0.25) is 0 Å². The molecule has 0 amide bonds. The molecule has 1 aromatic rings. The zero-order valence-corrected chi connectivity index (χ0v) is 9.13. The van der Waals surface area contributed by atoms with E-state index in [0.717, 1.165) is 11.6 Å². The number of rotatable bonds is 6. The van der Waals surface area contributed by atoms with Crippen LogP contribution in [0.5, 0.6) is 0 Å². The van der Waals surface area contributed by atoms with E-state index < -0.39 is 0 Å². The molecular weight excluding hydrogens is 196 g/mol. The third-order valence-corrected chi connectivity index (χ3v) is 2.78. The standard InChI is InChI=1S/C10H16N2OS/c1-2-11-7-9(13)8-14-10-5-3-4-6-12-10/h3-6,9,11,13H,2,7-8H2,1H3. The first-order valence-electron chi connectivity index (χ1n) is 4.75. The van der Waals surface area contributed by atoms with Crippen LogP contribution in [0.1, 0.15) is 6.92 Å². The molecule has 2 N–H and O–H groups in total. The number of aliphatic hydroxyl groups excluding tert-OH is 1. The molecule has 1 atom stereocenters. The normalized spacial score (nSPS) is 12.7. The lowest BCUT2D eigenvalue weighted by molar-refractivity contribution is 0.197. The minimum atomic E-state index is -0.304. The number of hydrogen-bond acceptors (Lipinski definition) is 4. The van der Waals surface area contributed by atoms with Crippen molar-refractivity contribution in [2.24, 2.45) is 0 Å². The van der Waals surface area contributed by atoms with Gasteiger partial charge in [-0.25, -0.2) is 4.98 Å². The Kier molecular flexibility index (Phi) is 5.59. The van der Waals surface area contributed by atoms with Gasteiger partial charge >= 0.3 is 0 Å². The second-order valence-corrected chi connectivity index (χ2v) is 3.98. The fourth-order valence-electron chi connectivity index (χ4n) is 0.984. The summed E-state index contributed by atoms with van der Waals surface area (Å²) in [4.78, 5) is 4.16. The van der Waals surface area contributed by atoms with Crippen molar-refractivity contribution in [1.29, 1.82) is 0 Å². The van der Waals surface area contributed by atoms with Crippen LogP contribution in [0.2, 0.25) is 0 Å². The fraction of sp³-hybridized carbons (Fsp3) is 0.500. The molecule has 0 aliphatic rings. The molecule has 0 saturated carbocycles. The molecule has 0 spiro atoms. The van der Waals surface area contributed by atoms with Crippen molar-refractivity contribution in [3.05, 3.63) is 24.4 Å². The molecule has 14 heavy (non-hydrogen) atoms. The molecule has 1 rings (SSSR count). The Labute approximate surface area is 88.9 Å². The molecular formula is C10H16N2OS. The maximum atomic E-state index is 9.53. The van der Waals surface area contributed by atoms with Gasteiger partial charge in [-0.05, 0) is 18.7 Å². The Balaban J connectivity index is 2.20. The van der Waals surface area contributed by atoms with E-state index in [2.05, 4.69) is 10.3 Å². The Morgan fingerprint density at radius 3 is 3.07 bits per heavy atom. The SMILES string of the molecule is CCNCC(O)CSc1ccccn1. The van der Waals surface area contributed by atoms with Crippen LogP contribution in [0.3, 0.4) is 0 Å². The Morgan fingerprint density at radius 2 is 2.43 bits per heavy atom. The maximum Gasteiger partial charge on any atom is 0.0960 e. The van der Waals surface area contributed by atoms with Gasteiger partial charge in [0.2, 0.25) is 0 Å². The predicted molar refractivity (Wildman–Crippen MR) is 59.5 cm³/mol. The van der Waals surface area contributed by atoms with Gasteiger partial charge in [0.15, 0.2) is 0 Å². The Morgan fingerprint density at radius 1 is 1.57 bits per heavy atom. The van der Waals surface area contributed by atoms with E-state index in [0.29, 0.717) is 12.3 Å². The Hall–Kier alpha value is -0.580. The van der Waals surface area contributed by atoms with E-state index in [-0.39, 0.29) is 6.10 Å². The molecule has 0 aliphatic heterocycles. The van der Waals surface area contributed by atoms with Crippen molar-refractivity contribution in [3.8, 4) is 0 Å². The molecule has 1 heterocycles. The van der Waals surface area contributed by atoms with Crippen molar-refractivity contribution in [2.75, 3.05) is 18.8 Å². The van der Waals surface area contributed by atoms with Crippen molar-refractivity contribution in [2.45, 2.75) is 18.1 Å². The van der Waals surface area contributed by atoms with Crippen LogP contribution in [0, 0.1) is 0 Å². The number of aromatic nitrogens is 1. The van der Waals surface area contributed by atoms with Gasteiger partial charge in [0.25, 0.3) is 0 Å². The van der Waals surface area contributed by atoms with Crippen molar-refractivity contribution in [3.63, 3.8) is 0 Å². The lowest BCUT2D eigenvalue weighted by Crippen LogP contribution is -2.28. The minimum absolute atomic E-state index is 0.304. The third kappa shape index (κ3) is 4.60. The number of nitrogens with one attached hydrogen (secondary N) is 1. The first-order chi connectivity index (χ1) is 6.83. The first kappa shape index (κ1) is 11.5. The van der Waals surface area contributed by atoms with Crippen LogP contribution in [-0.4, -0.2) is 35.0 Å². The van der Waals surface area contributed by atoms with Gasteiger partial charge in [-0.2, -0.15) is 0 Å². The summed E-state index contributed by atoms with van der Waals surface area (Å²) in [5.74, 6) is 0.685. The lowest BCUT2D eigenvalue weighted by atomic mass is 10.4. The van der Waals surface area contributed by atoms with Gasteiger partial charge in [0.05, 0.1) is 11.1 Å². The van der Waals surface area contributed by atoms with Crippen molar-refractivity contribution >= 4 is 11.8 Å². The number of thioether (sulfide) groups is 1. The summed E-state index contributed by atoms with van der Waals surface area (Å²) in [6.07, 6.45) is 1.46. The van der Waals surface area contributed by atoms with E-state index in [4.69, 9.17) is 0 Å². The van der Waals surface area contributed by atoms with E-state index in [1.54, 1.807) is 18.0 Å². The molecule has 3 nitrogen and oxygen atoms in total. The summed E-state index contributed by atoms with van der Waals surface area (Å²) >= 11 is 1.58. The van der Waals surface area contributed by atoms with Crippen LogP contribution < -0.4 is 5.32 Å². The van der Waals surface area contributed by atoms with Crippen LogP contribution in [0.15, 0.2) is 29.4 Å². The highest BCUT2D eigenvalue weighted by Crippen LogP contribution is 2.14. The quantitative estimate of drug-likeness (QED) is 0.694. The summed E-state index contributed by atoms with van der Waals surface area (Å²) in [7, 11) is 0. The molecule has 0 aromatic carbocycles. The predicted octanol–water partition coefficient (Wildman–Crippen LogP) is 1.14. The van der Waals surface area contributed by atoms with E-state index in [9.17, 15) is 5.11 Å². The van der Waals surface area contributed by atoms with Gasteiger partial charge in [-0.15, -0.1) is 11.8 Å². The summed E-state index contributed by atoms with van der Waals surface area (Å²) in [6, 6.07) is 5.79. The molecule has 0 saturated heterocycles. The summed E-state index contributed by atoms with van der Waals surface area (Å²) in [5.41, 5.74) is 0. The number of likely N-dealkylation sites (N-methyl/N-ethyl adjacent to an activating group) is 1. The highest BCUT2D eigenvalue weighted by atomic mass is 32.2. The molecule has 0 radical (unpaired) electrons. The molecule has 1 unspecified atom stereocenters. The third-order valence-electron chi connectivity index (χ3n) is 1.69. The molecule has 0 fully saturated rings. The van der Waals surface area contributed by atoms with E-state index >= 15 is 0 Å². The zero-order chi connectivity index (χ0) is 10.2. The van der Waals surface area contributed by atoms with Crippen LogP contribution >= 0.6 is 11.8 Å². The van der Waals surface area contributed by atoms with Crippen LogP contribution in [-0.2, 0) is 0 Å². The van der Waals surface area contributed by atoms with Crippen molar-refractivity contribution < 1.29 is 5.11 Å². The summed E-state index contributed by atoms with van der Waals surface area (Å²) in [6.45, 7) is 3.57. The molecule has 0 bridgehead atoms. The summed E-state index contributed by atoms with van der Waals surface area (Å²) in [5, 5.41) is 13.6. The van der Waals surface area contributed by atoms with Gasteiger partial charge in [-0.1, -0.05) is 13.0 Å². The summed E-state index contributed by atoms with van der Waals surface area (Å²) < 4.78 is 0. The smallest absolute Gasteiger partial charge is 0.0960 e. The van der Waals surface area contributed by atoms with Crippen LogP contribution in [0.4, 0.5) is 0 Å². The van der Waals surface area contributed by atoms with Gasteiger partial charge in [0, 0.05) is 18.5 Å². The molecule has 0 aliphatic carbocycles. The fourth-order valence-corrected chi connectivity index (χ4v) is 1.78. The second-order valence-electron chi connectivity index (χ2n) is 2.94. The molecule has 1 aromatic heterocycles. The number of aliphatic hydroxyl groups is 1. The van der Waals surface area contributed by atoms with Gasteiger partial charge < -0.3 is 10.4 Å². The number of hydrogen-bond donors (Lipinski definition) is 2. The monoisotopic (exact) mass is 212 g/mol. The van der Waals surface area contributed by atoms with Crippen molar-refractivity contribution in [1.82, 2.24) is 10.3 Å². The zero-order valence-electron chi connectivity index (χ0n) is 8.31. The average Bonchev–Trinajstić information content (AvgIpc) is 2.25. The Bertz CT molecular complexity index is 243. The second kappa shape index (κ2) is 6.81. The lowest BCUT2D eigenvalue weighted by Gasteiger charge is -2.09. The van der Waals surface area contributed by atoms with E-state index in [1.165, 1.54) is 0 Å². The highest BCUT2D eigenvalue weighted by Gasteiger charge is 2.03. The van der Waals surface area contributed by atoms with E-state index in [1.807, 2.05) is 25.1 Å². The average molecular weight is 212 g/mol. The van der Waals surface area contributed by atoms with Gasteiger partial charge in [0.1, 0.15) is 0 Å². The number of nitrogens with zero attached hydrogens (tertiary/aromatic N) is 1. The minimum Gasteiger partial charge on any atom is -0.391 e. The largest absolute Gasteiger partial charge is 0.391 e. The first-order valence-corrected chi connectivity index (χ1v) is 5.74. The molecule has 78 valence electrons. The van der Waals surface area contributed by atoms with Crippen LogP contribution in [0.25, 0.3) is 0 Å². The maximum absolute atomic E-state index is 9.53. The number of pyridine rings is 1. The molecule has 4 heteroatoms. The highest BCUT2D eigenvalue weighted by molar-refractivity contribution is 7.99.